The van der Waals surface area contributed by atoms with E-state index in [1.807, 2.05) is 18.2 Å². The smallest absolute Gasteiger partial charge is 0.142 e. The number of hydrogen-bond donors (Lipinski definition) is 1. The third-order valence-electron chi connectivity index (χ3n) is 2.10. The van der Waals surface area contributed by atoms with E-state index in [1.165, 1.54) is 0 Å². The van der Waals surface area contributed by atoms with Gasteiger partial charge in [0.15, 0.2) is 0 Å². The lowest BCUT2D eigenvalue weighted by Crippen LogP contribution is -1.96. The Balaban J connectivity index is 2.74. The van der Waals surface area contributed by atoms with E-state index in [-0.39, 0.29) is 0 Å². The Morgan fingerprint density at radius 2 is 2.23 bits per heavy atom. The van der Waals surface area contributed by atoms with Crippen molar-refractivity contribution in [3.05, 3.63) is 30.0 Å². The maximum atomic E-state index is 5.57. The highest BCUT2D eigenvalue weighted by Gasteiger charge is 2.07. The van der Waals surface area contributed by atoms with E-state index in [2.05, 4.69) is 0 Å². The number of methoxy groups -OCH3 is 1. The molecule has 0 fully saturated rings. The minimum absolute atomic E-state index is 0.480. The quantitative estimate of drug-likeness (QED) is 0.762. The van der Waals surface area contributed by atoms with Gasteiger partial charge < -0.3 is 14.9 Å². The molecule has 0 aliphatic rings. The molecule has 0 unspecified atom stereocenters. The standard InChI is InChI=1S/C10H11NO2/c1-12-9-3-2-7(6-11)10-8(9)4-5-13-10/h2-5H,6,11H2,1H3. The molecule has 0 amide bonds. The van der Waals surface area contributed by atoms with Crippen molar-refractivity contribution >= 4 is 11.0 Å². The molecule has 0 radical (unpaired) electrons. The number of hydrogen-bond acceptors (Lipinski definition) is 3. The van der Waals surface area contributed by atoms with Crippen LogP contribution < -0.4 is 10.5 Å². The van der Waals surface area contributed by atoms with Crippen molar-refractivity contribution in [1.82, 2.24) is 0 Å². The van der Waals surface area contributed by atoms with Crippen LogP contribution in [0.5, 0.6) is 5.75 Å². The van der Waals surface area contributed by atoms with Gasteiger partial charge in [-0.05, 0) is 12.1 Å². The van der Waals surface area contributed by atoms with Crippen molar-refractivity contribution in [3.63, 3.8) is 0 Å². The highest BCUT2D eigenvalue weighted by Crippen LogP contribution is 2.28. The molecule has 1 aromatic heterocycles. The molecule has 0 saturated heterocycles. The second-order valence-corrected chi connectivity index (χ2v) is 2.79. The number of fused-ring (bicyclic) bond motifs is 1. The second-order valence-electron chi connectivity index (χ2n) is 2.79. The van der Waals surface area contributed by atoms with Gasteiger partial charge in [0.2, 0.25) is 0 Å². The van der Waals surface area contributed by atoms with E-state index in [9.17, 15) is 0 Å². The van der Waals surface area contributed by atoms with Crippen LogP contribution in [0.25, 0.3) is 11.0 Å². The summed E-state index contributed by atoms with van der Waals surface area (Å²) in [6.45, 7) is 0.480. The molecule has 0 spiro atoms. The molecule has 1 aromatic carbocycles. The maximum Gasteiger partial charge on any atom is 0.142 e. The van der Waals surface area contributed by atoms with Crippen molar-refractivity contribution < 1.29 is 9.15 Å². The number of rotatable bonds is 2. The highest BCUT2D eigenvalue weighted by molar-refractivity contribution is 5.86. The van der Waals surface area contributed by atoms with Crippen LogP contribution in [-0.2, 0) is 6.54 Å². The number of nitrogens with two attached hydrogens (primary N) is 1. The summed E-state index contributed by atoms with van der Waals surface area (Å²) >= 11 is 0. The first-order valence-electron chi connectivity index (χ1n) is 4.10. The van der Waals surface area contributed by atoms with E-state index in [0.29, 0.717) is 6.54 Å². The van der Waals surface area contributed by atoms with E-state index in [0.717, 1.165) is 22.3 Å². The topological polar surface area (TPSA) is 48.4 Å². The summed E-state index contributed by atoms with van der Waals surface area (Å²) in [6.07, 6.45) is 1.65. The molecule has 2 aromatic rings. The van der Waals surface area contributed by atoms with Gasteiger partial charge in [-0.25, -0.2) is 0 Å². The number of ether oxygens (including phenoxy) is 1. The van der Waals surface area contributed by atoms with Crippen LogP contribution in [0.2, 0.25) is 0 Å². The lowest BCUT2D eigenvalue weighted by molar-refractivity contribution is 0.419. The van der Waals surface area contributed by atoms with Gasteiger partial charge in [0.1, 0.15) is 11.3 Å². The molecule has 0 atom stereocenters. The Morgan fingerprint density at radius 3 is 2.92 bits per heavy atom. The van der Waals surface area contributed by atoms with Crippen LogP contribution in [-0.4, -0.2) is 7.11 Å². The third-order valence-corrected chi connectivity index (χ3v) is 2.10. The summed E-state index contributed by atoms with van der Waals surface area (Å²) in [5.41, 5.74) is 7.39. The van der Waals surface area contributed by atoms with Crippen LogP contribution in [0.1, 0.15) is 5.56 Å². The summed E-state index contributed by atoms with van der Waals surface area (Å²) in [6, 6.07) is 5.71. The van der Waals surface area contributed by atoms with Crippen molar-refractivity contribution in [1.29, 1.82) is 0 Å². The van der Waals surface area contributed by atoms with Crippen LogP contribution >= 0.6 is 0 Å². The Kier molecular flexibility index (Phi) is 1.94. The fourth-order valence-electron chi connectivity index (χ4n) is 1.43. The molecular weight excluding hydrogens is 166 g/mol. The first kappa shape index (κ1) is 8.13. The lowest BCUT2D eigenvalue weighted by atomic mass is 10.1. The zero-order valence-electron chi connectivity index (χ0n) is 7.41. The normalized spacial score (nSPS) is 10.6. The summed E-state index contributed by atoms with van der Waals surface area (Å²) in [5.74, 6) is 0.820. The highest BCUT2D eigenvalue weighted by atomic mass is 16.5. The second kappa shape index (κ2) is 3.11. The summed E-state index contributed by atoms with van der Waals surface area (Å²) < 4.78 is 10.5. The maximum absolute atomic E-state index is 5.57. The molecule has 3 nitrogen and oxygen atoms in total. The van der Waals surface area contributed by atoms with Gasteiger partial charge in [0.25, 0.3) is 0 Å². The van der Waals surface area contributed by atoms with Gasteiger partial charge in [-0.3, -0.25) is 0 Å². The van der Waals surface area contributed by atoms with E-state index < -0.39 is 0 Å². The van der Waals surface area contributed by atoms with Crippen LogP contribution in [0.4, 0.5) is 0 Å². The Hall–Kier alpha value is -1.48. The Bertz CT molecular complexity index is 382. The molecule has 1 heterocycles. The molecule has 0 aliphatic carbocycles. The third kappa shape index (κ3) is 1.17. The first-order chi connectivity index (χ1) is 6.36. The predicted molar refractivity (Wildman–Crippen MR) is 50.7 cm³/mol. The molecule has 2 N–H and O–H groups in total. The van der Waals surface area contributed by atoms with Crippen LogP contribution in [0.15, 0.2) is 28.9 Å². The minimum atomic E-state index is 0.480. The number of benzene rings is 1. The molecule has 68 valence electrons. The zero-order chi connectivity index (χ0) is 9.26. The SMILES string of the molecule is COc1ccc(CN)c2occc12. The fourth-order valence-corrected chi connectivity index (χ4v) is 1.43. The summed E-state index contributed by atoms with van der Waals surface area (Å²) in [4.78, 5) is 0. The summed E-state index contributed by atoms with van der Waals surface area (Å²) in [5, 5.41) is 0.977. The van der Waals surface area contributed by atoms with Gasteiger partial charge in [-0.2, -0.15) is 0 Å². The van der Waals surface area contributed by atoms with Crippen molar-refractivity contribution in [2.24, 2.45) is 5.73 Å². The fraction of sp³-hybridized carbons (Fsp3) is 0.200. The molecular formula is C10H11NO2. The molecule has 2 rings (SSSR count). The van der Waals surface area contributed by atoms with Gasteiger partial charge >= 0.3 is 0 Å². The molecule has 0 aliphatic heterocycles. The van der Waals surface area contributed by atoms with Gasteiger partial charge in [-0.15, -0.1) is 0 Å². The van der Waals surface area contributed by atoms with E-state index in [1.54, 1.807) is 13.4 Å². The van der Waals surface area contributed by atoms with Gasteiger partial charge in [0, 0.05) is 12.1 Å². The first-order valence-corrected chi connectivity index (χ1v) is 4.10. The monoisotopic (exact) mass is 177 g/mol. The minimum Gasteiger partial charge on any atom is -0.496 e. The molecule has 13 heavy (non-hydrogen) atoms. The average molecular weight is 177 g/mol. The molecule has 3 heteroatoms. The van der Waals surface area contributed by atoms with Crippen LogP contribution in [0.3, 0.4) is 0 Å². The Morgan fingerprint density at radius 1 is 1.38 bits per heavy atom. The van der Waals surface area contributed by atoms with Crippen LogP contribution in [0, 0.1) is 0 Å². The molecule has 0 saturated carbocycles. The molecule has 0 bridgehead atoms. The summed E-state index contributed by atoms with van der Waals surface area (Å²) in [7, 11) is 1.64. The van der Waals surface area contributed by atoms with Gasteiger partial charge in [-0.1, -0.05) is 6.07 Å². The van der Waals surface area contributed by atoms with Crippen molar-refractivity contribution in [2.45, 2.75) is 6.54 Å². The van der Waals surface area contributed by atoms with Crippen molar-refractivity contribution in [3.8, 4) is 5.75 Å². The average Bonchev–Trinajstić information content (AvgIpc) is 2.64. The van der Waals surface area contributed by atoms with Gasteiger partial charge in [0.05, 0.1) is 18.8 Å². The van der Waals surface area contributed by atoms with E-state index >= 15 is 0 Å². The van der Waals surface area contributed by atoms with Crippen molar-refractivity contribution in [2.75, 3.05) is 7.11 Å². The largest absolute Gasteiger partial charge is 0.496 e. The predicted octanol–water partition coefficient (Wildman–Crippen LogP) is 1.90. The van der Waals surface area contributed by atoms with E-state index in [4.69, 9.17) is 14.9 Å². The zero-order valence-corrected chi connectivity index (χ0v) is 7.41. The lowest BCUT2D eigenvalue weighted by Gasteiger charge is -2.03. The number of furan rings is 1. The Labute approximate surface area is 76.1 Å².